The molecule has 3 aromatic rings. The van der Waals surface area contributed by atoms with Gasteiger partial charge in [-0.15, -0.1) is 0 Å². The number of hydrogen-bond acceptors (Lipinski definition) is 0. The van der Waals surface area contributed by atoms with Crippen LogP contribution in [0.4, 0.5) is 8.78 Å². The Bertz CT molecular complexity index is 976. The third kappa shape index (κ3) is 6.00. The summed E-state index contributed by atoms with van der Waals surface area (Å²) in [5.74, 6) is -0.515. The quantitative estimate of drug-likeness (QED) is 0.264. The van der Waals surface area contributed by atoms with E-state index in [0.717, 1.165) is 12.0 Å². The second-order valence-electron chi connectivity index (χ2n) is 7.66. The monoisotopic (exact) mass is 402 g/mol. The fraction of sp³-hybridized carbons (Fsp3) is 0.214. The summed E-state index contributed by atoms with van der Waals surface area (Å²) in [6.07, 6.45) is 9.42. The van der Waals surface area contributed by atoms with Gasteiger partial charge in [0.2, 0.25) is 0 Å². The highest BCUT2D eigenvalue weighted by Crippen LogP contribution is 2.22. The van der Waals surface area contributed by atoms with Crippen LogP contribution in [0.25, 0.3) is 12.2 Å². The van der Waals surface area contributed by atoms with Crippen molar-refractivity contribution in [2.45, 2.75) is 39.0 Å². The van der Waals surface area contributed by atoms with Crippen LogP contribution in [0.1, 0.15) is 54.0 Å². The van der Waals surface area contributed by atoms with Crippen LogP contribution >= 0.6 is 0 Å². The molecule has 3 rings (SSSR count). The van der Waals surface area contributed by atoms with Gasteiger partial charge in [0.05, 0.1) is 0 Å². The van der Waals surface area contributed by atoms with Crippen molar-refractivity contribution in [3.05, 3.63) is 118 Å². The summed E-state index contributed by atoms with van der Waals surface area (Å²) in [5.41, 5.74) is 4.29. The van der Waals surface area contributed by atoms with E-state index in [1.54, 1.807) is 6.08 Å². The lowest BCUT2D eigenvalue weighted by Crippen LogP contribution is -1.98. The van der Waals surface area contributed by atoms with E-state index < -0.39 is 11.6 Å². The van der Waals surface area contributed by atoms with E-state index in [1.807, 2.05) is 43.4 Å². The molecule has 0 saturated heterocycles. The van der Waals surface area contributed by atoms with Crippen LogP contribution in [-0.4, -0.2) is 0 Å². The van der Waals surface area contributed by atoms with Crippen LogP contribution in [0.3, 0.4) is 0 Å². The van der Waals surface area contributed by atoms with E-state index in [0.29, 0.717) is 24.3 Å². The lowest BCUT2D eigenvalue weighted by molar-refractivity contribution is 0.555. The summed E-state index contributed by atoms with van der Waals surface area (Å²) in [4.78, 5) is 0. The van der Waals surface area contributed by atoms with E-state index >= 15 is 0 Å². The Morgan fingerprint density at radius 2 is 1.47 bits per heavy atom. The summed E-state index contributed by atoms with van der Waals surface area (Å²) >= 11 is 0. The van der Waals surface area contributed by atoms with Gasteiger partial charge in [0.25, 0.3) is 0 Å². The second-order valence-corrected chi connectivity index (χ2v) is 7.66. The molecular formula is C28H28F2. The average Bonchev–Trinajstić information content (AvgIpc) is 2.76. The maximum absolute atomic E-state index is 14.3. The Kier molecular flexibility index (Phi) is 7.73. The van der Waals surface area contributed by atoms with Gasteiger partial charge in [0.15, 0.2) is 0 Å². The van der Waals surface area contributed by atoms with Crippen molar-refractivity contribution in [3.8, 4) is 0 Å². The molecule has 0 nitrogen and oxygen atoms in total. The van der Waals surface area contributed by atoms with Crippen molar-refractivity contribution in [3.63, 3.8) is 0 Å². The molecule has 0 aliphatic carbocycles. The number of hydrogen-bond donors (Lipinski definition) is 0. The molecular weight excluding hydrogens is 374 g/mol. The van der Waals surface area contributed by atoms with Crippen molar-refractivity contribution in [2.24, 2.45) is 0 Å². The summed E-state index contributed by atoms with van der Waals surface area (Å²) < 4.78 is 28.6. The Balaban J connectivity index is 1.65. The van der Waals surface area contributed by atoms with Crippen LogP contribution in [-0.2, 0) is 12.8 Å². The number of halogens is 2. The van der Waals surface area contributed by atoms with Crippen LogP contribution in [0.15, 0.2) is 78.9 Å². The molecule has 30 heavy (non-hydrogen) atoms. The van der Waals surface area contributed by atoms with Gasteiger partial charge in [-0.05, 0) is 66.5 Å². The zero-order chi connectivity index (χ0) is 21.3. The van der Waals surface area contributed by atoms with Gasteiger partial charge in [-0.25, -0.2) is 8.78 Å². The van der Waals surface area contributed by atoms with Crippen LogP contribution in [0, 0.1) is 11.6 Å². The fourth-order valence-corrected chi connectivity index (χ4v) is 3.56. The van der Waals surface area contributed by atoms with Crippen LogP contribution in [0.2, 0.25) is 0 Å². The largest absolute Gasteiger partial charge is 0.207 e. The molecule has 0 amide bonds. The first-order chi connectivity index (χ1) is 14.6. The SMILES string of the molecule is CC=CCCc1c(F)cc(C=Cc2ccc(C[C@@H](C)c3ccccc3)cc2)cc1F. The first kappa shape index (κ1) is 21.7. The smallest absolute Gasteiger partial charge is 0.129 e. The van der Waals surface area contributed by atoms with Gasteiger partial charge < -0.3 is 0 Å². The molecule has 0 N–H and O–H groups in total. The van der Waals surface area contributed by atoms with Gasteiger partial charge in [-0.1, -0.05) is 85.8 Å². The van der Waals surface area contributed by atoms with E-state index in [4.69, 9.17) is 0 Å². The van der Waals surface area contributed by atoms with Crippen molar-refractivity contribution in [1.82, 2.24) is 0 Å². The fourth-order valence-electron chi connectivity index (χ4n) is 3.56. The maximum atomic E-state index is 14.3. The van der Waals surface area contributed by atoms with Gasteiger partial charge >= 0.3 is 0 Å². The summed E-state index contributed by atoms with van der Waals surface area (Å²) in [5, 5.41) is 0. The minimum Gasteiger partial charge on any atom is -0.207 e. The van der Waals surface area contributed by atoms with Crippen molar-refractivity contribution in [1.29, 1.82) is 0 Å². The number of allylic oxidation sites excluding steroid dienone is 2. The third-order valence-electron chi connectivity index (χ3n) is 5.32. The minimum atomic E-state index is -0.482. The molecule has 0 aromatic heterocycles. The first-order valence-electron chi connectivity index (χ1n) is 10.5. The highest BCUT2D eigenvalue weighted by molar-refractivity contribution is 5.69. The van der Waals surface area contributed by atoms with E-state index in [2.05, 4.69) is 43.3 Å². The van der Waals surface area contributed by atoms with E-state index in [9.17, 15) is 8.78 Å². The van der Waals surface area contributed by atoms with Gasteiger partial charge in [0.1, 0.15) is 11.6 Å². The summed E-state index contributed by atoms with van der Waals surface area (Å²) in [6.45, 7) is 4.13. The minimum absolute atomic E-state index is 0.155. The number of benzene rings is 3. The van der Waals surface area contributed by atoms with Gasteiger partial charge in [-0.2, -0.15) is 0 Å². The van der Waals surface area contributed by atoms with Crippen molar-refractivity contribution in [2.75, 3.05) is 0 Å². The van der Waals surface area contributed by atoms with Crippen LogP contribution < -0.4 is 0 Å². The topological polar surface area (TPSA) is 0 Å². The zero-order valence-electron chi connectivity index (χ0n) is 17.6. The normalized spacial score (nSPS) is 12.7. The molecule has 1 atom stereocenters. The van der Waals surface area contributed by atoms with Crippen molar-refractivity contribution < 1.29 is 8.78 Å². The lowest BCUT2D eigenvalue weighted by Gasteiger charge is -2.12. The highest BCUT2D eigenvalue weighted by Gasteiger charge is 2.10. The third-order valence-corrected chi connectivity index (χ3v) is 5.32. The molecule has 0 aliphatic heterocycles. The molecule has 154 valence electrons. The van der Waals surface area contributed by atoms with Gasteiger partial charge in [0, 0.05) is 5.56 Å². The Labute approximate surface area is 178 Å². The standard InChI is InChI=1S/C28H28F2/c1-3-4-6-11-26-27(29)19-24(20-28(26)30)17-14-22-12-15-23(16-13-22)18-21(2)25-9-7-5-8-10-25/h3-5,7-10,12-17,19-21H,6,11,18H2,1-2H3/t21-/m1/s1. The first-order valence-corrected chi connectivity index (χ1v) is 10.5. The average molecular weight is 403 g/mol. The van der Waals surface area contributed by atoms with E-state index in [1.165, 1.54) is 23.3 Å². The molecule has 0 unspecified atom stereocenters. The molecule has 0 saturated carbocycles. The van der Waals surface area contributed by atoms with Gasteiger partial charge in [-0.3, -0.25) is 0 Å². The highest BCUT2D eigenvalue weighted by atomic mass is 19.1. The molecule has 3 aromatic carbocycles. The molecule has 0 radical (unpaired) electrons. The van der Waals surface area contributed by atoms with Crippen LogP contribution in [0.5, 0.6) is 0 Å². The Morgan fingerprint density at radius 1 is 0.833 bits per heavy atom. The molecule has 0 heterocycles. The summed E-state index contributed by atoms with van der Waals surface area (Å²) in [6, 6.07) is 21.6. The molecule has 0 spiro atoms. The predicted octanol–water partition coefficient (Wildman–Crippen LogP) is 7.99. The predicted molar refractivity (Wildman–Crippen MR) is 123 cm³/mol. The Morgan fingerprint density at radius 3 is 2.10 bits per heavy atom. The second kappa shape index (κ2) is 10.7. The molecule has 0 fully saturated rings. The maximum Gasteiger partial charge on any atom is 0.129 e. The molecule has 0 aliphatic rings. The molecule has 2 heteroatoms. The summed E-state index contributed by atoms with van der Waals surface area (Å²) in [7, 11) is 0. The molecule has 0 bridgehead atoms. The van der Waals surface area contributed by atoms with E-state index in [-0.39, 0.29) is 5.56 Å². The van der Waals surface area contributed by atoms with Crippen molar-refractivity contribution >= 4 is 12.2 Å². The lowest BCUT2D eigenvalue weighted by atomic mass is 9.93. The zero-order valence-corrected chi connectivity index (χ0v) is 17.6. The Hall–Kier alpha value is -3.00. The number of rotatable bonds is 8.